The maximum atomic E-state index is 12.3. The number of hydrogen-bond donors (Lipinski definition) is 3. The lowest BCUT2D eigenvalue weighted by molar-refractivity contribution is -0.142. The second-order valence-electron chi connectivity index (χ2n) is 6.83. The number of carboxylic acid groups (broad SMARTS) is 1. The Labute approximate surface area is 131 Å². The number of carbonyl (C=O) groups is 2. The molecular formula is C16H28N2O4. The summed E-state index contributed by atoms with van der Waals surface area (Å²) in [4.78, 5) is 25.1. The van der Waals surface area contributed by atoms with Crippen LogP contribution in [0.25, 0.3) is 0 Å². The first-order chi connectivity index (χ1) is 10.5. The van der Waals surface area contributed by atoms with Crippen LogP contribution in [-0.2, 0) is 4.79 Å². The number of aliphatic carboxylic acids is 1. The zero-order valence-electron chi connectivity index (χ0n) is 13.4. The maximum absolute atomic E-state index is 12.3. The molecule has 22 heavy (non-hydrogen) atoms. The lowest BCUT2D eigenvalue weighted by Crippen LogP contribution is -2.51. The van der Waals surface area contributed by atoms with Crippen molar-refractivity contribution in [2.45, 2.75) is 57.9 Å². The minimum Gasteiger partial charge on any atom is -0.481 e. The Balaban J connectivity index is 1.76. The first kappa shape index (κ1) is 17.1. The lowest BCUT2D eigenvalue weighted by Gasteiger charge is -2.40. The molecule has 0 aromatic carbocycles. The van der Waals surface area contributed by atoms with Crippen molar-refractivity contribution in [1.29, 1.82) is 0 Å². The minimum absolute atomic E-state index is 0.0175. The SMILES string of the molecule is CCC1(CO)CCN(C(=O)NC2CCC(C(=O)O)CC2)CC1. The molecule has 1 aliphatic carbocycles. The Morgan fingerprint density at radius 2 is 1.77 bits per heavy atom. The van der Waals surface area contributed by atoms with Crippen molar-refractivity contribution in [3.8, 4) is 0 Å². The number of amides is 2. The van der Waals surface area contributed by atoms with Gasteiger partial charge in [0, 0.05) is 25.7 Å². The second-order valence-corrected chi connectivity index (χ2v) is 6.83. The molecule has 1 saturated carbocycles. The summed E-state index contributed by atoms with van der Waals surface area (Å²) < 4.78 is 0. The van der Waals surface area contributed by atoms with Gasteiger partial charge in [0.2, 0.25) is 0 Å². The average Bonchev–Trinajstić information content (AvgIpc) is 2.55. The van der Waals surface area contributed by atoms with E-state index in [4.69, 9.17) is 5.11 Å². The van der Waals surface area contributed by atoms with Gasteiger partial charge in [-0.05, 0) is 50.4 Å². The minimum atomic E-state index is -0.722. The third-order valence-corrected chi connectivity index (χ3v) is 5.60. The van der Waals surface area contributed by atoms with Crippen LogP contribution in [0.2, 0.25) is 0 Å². The number of rotatable bonds is 4. The average molecular weight is 312 g/mol. The van der Waals surface area contributed by atoms with Crippen LogP contribution in [-0.4, -0.2) is 52.9 Å². The highest BCUT2D eigenvalue weighted by atomic mass is 16.4. The molecule has 2 aliphatic rings. The fourth-order valence-electron chi connectivity index (χ4n) is 3.56. The number of carbonyl (C=O) groups excluding carboxylic acids is 1. The first-order valence-corrected chi connectivity index (χ1v) is 8.39. The molecular weight excluding hydrogens is 284 g/mol. The van der Waals surface area contributed by atoms with E-state index in [0.717, 1.165) is 32.1 Å². The first-order valence-electron chi connectivity index (χ1n) is 8.39. The number of aliphatic hydroxyl groups excluding tert-OH is 1. The van der Waals surface area contributed by atoms with Crippen LogP contribution in [0, 0.1) is 11.3 Å². The Bertz CT molecular complexity index is 391. The predicted molar refractivity (Wildman–Crippen MR) is 82.5 cm³/mol. The molecule has 0 aromatic heterocycles. The van der Waals surface area contributed by atoms with Crippen molar-refractivity contribution in [3.05, 3.63) is 0 Å². The standard InChI is InChI=1S/C16H28N2O4/c1-2-16(11-19)7-9-18(10-8-16)15(22)17-13-5-3-12(4-6-13)14(20)21/h12-13,19H,2-11H2,1H3,(H,17,22)(H,20,21). The number of nitrogens with zero attached hydrogens (tertiary/aromatic N) is 1. The summed E-state index contributed by atoms with van der Waals surface area (Å²) in [6, 6.07) is 0.0558. The van der Waals surface area contributed by atoms with Crippen molar-refractivity contribution in [2.24, 2.45) is 11.3 Å². The molecule has 6 heteroatoms. The van der Waals surface area contributed by atoms with E-state index in [1.165, 1.54) is 0 Å². The molecule has 0 radical (unpaired) electrons. The number of hydrogen-bond acceptors (Lipinski definition) is 3. The molecule has 0 spiro atoms. The third kappa shape index (κ3) is 3.91. The maximum Gasteiger partial charge on any atom is 0.317 e. The molecule has 1 heterocycles. The van der Waals surface area contributed by atoms with Gasteiger partial charge in [-0.1, -0.05) is 6.92 Å². The normalized spacial score (nSPS) is 28.2. The molecule has 6 nitrogen and oxygen atoms in total. The summed E-state index contributed by atoms with van der Waals surface area (Å²) in [5, 5.41) is 21.6. The third-order valence-electron chi connectivity index (χ3n) is 5.60. The zero-order chi connectivity index (χ0) is 16.2. The molecule has 2 amide bonds. The molecule has 1 aliphatic heterocycles. The number of piperidine rings is 1. The van der Waals surface area contributed by atoms with Crippen molar-refractivity contribution >= 4 is 12.0 Å². The van der Waals surface area contributed by atoms with Crippen LogP contribution in [0.3, 0.4) is 0 Å². The van der Waals surface area contributed by atoms with E-state index >= 15 is 0 Å². The van der Waals surface area contributed by atoms with Crippen LogP contribution in [0.4, 0.5) is 4.79 Å². The van der Waals surface area contributed by atoms with Crippen LogP contribution in [0.5, 0.6) is 0 Å². The van der Waals surface area contributed by atoms with Crippen LogP contribution in [0.15, 0.2) is 0 Å². The van der Waals surface area contributed by atoms with E-state index in [0.29, 0.717) is 25.9 Å². The topological polar surface area (TPSA) is 89.9 Å². The van der Waals surface area contributed by atoms with E-state index in [1.807, 2.05) is 4.90 Å². The van der Waals surface area contributed by atoms with E-state index < -0.39 is 5.97 Å². The molecule has 2 rings (SSSR count). The second kappa shape index (κ2) is 7.31. The monoisotopic (exact) mass is 312 g/mol. The van der Waals surface area contributed by atoms with Crippen molar-refractivity contribution < 1.29 is 19.8 Å². The smallest absolute Gasteiger partial charge is 0.317 e. The molecule has 0 bridgehead atoms. The zero-order valence-corrected chi connectivity index (χ0v) is 13.4. The summed E-state index contributed by atoms with van der Waals surface area (Å²) in [5.41, 5.74) is -0.0175. The van der Waals surface area contributed by atoms with E-state index in [9.17, 15) is 14.7 Å². The fourth-order valence-corrected chi connectivity index (χ4v) is 3.56. The molecule has 0 aromatic rings. The quantitative estimate of drug-likeness (QED) is 0.738. The largest absolute Gasteiger partial charge is 0.481 e. The Hall–Kier alpha value is -1.30. The summed E-state index contributed by atoms with van der Waals surface area (Å²) in [6.07, 6.45) is 5.40. The Kier molecular flexibility index (Phi) is 5.67. The fraction of sp³-hybridized carbons (Fsp3) is 0.875. The molecule has 126 valence electrons. The van der Waals surface area contributed by atoms with E-state index in [1.54, 1.807) is 0 Å². The predicted octanol–water partition coefficient (Wildman–Crippen LogP) is 1.82. The highest BCUT2D eigenvalue weighted by molar-refractivity contribution is 5.75. The molecule has 0 atom stereocenters. The van der Waals surface area contributed by atoms with Gasteiger partial charge in [-0.2, -0.15) is 0 Å². The highest BCUT2D eigenvalue weighted by Gasteiger charge is 2.34. The van der Waals surface area contributed by atoms with Gasteiger partial charge in [0.25, 0.3) is 0 Å². The number of aliphatic hydroxyl groups is 1. The summed E-state index contributed by atoms with van der Waals surface area (Å²) in [7, 11) is 0. The van der Waals surface area contributed by atoms with Crippen molar-refractivity contribution in [3.63, 3.8) is 0 Å². The number of likely N-dealkylation sites (tertiary alicyclic amines) is 1. The summed E-state index contributed by atoms with van der Waals surface area (Å²) in [6.45, 7) is 3.65. The van der Waals surface area contributed by atoms with Crippen LogP contribution < -0.4 is 5.32 Å². The molecule has 1 saturated heterocycles. The number of urea groups is 1. The van der Waals surface area contributed by atoms with Gasteiger partial charge >= 0.3 is 12.0 Å². The number of carboxylic acids is 1. The van der Waals surface area contributed by atoms with E-state index in [-0.39, 0.29) is 30.0 Å². The Morgan fingerprint density at radius 1 is 1.18 bits per heavy atom. The van der Waals surface area contributed by atoms with Gasteiger partial charge in [0.15, 0.2) is 0 Å². The lowest BCUT2D eigenvalue weighted by atomic mass is 9.77. The summed E-state index contributed by atoms with van der Waals surface area (Å²) >= 11 is 0. The molecule has 0 unspecified atom stereocenters. The highest BCUT2D eigenvalue weighted by Crippen LogP contribution is 2.34. The van der Waals surface area contributed by atoms with Crippen LogP contribution >= 0.6 is 0 Å². The van der Waals surface area contributed by atoms with Crippen molar-refractivity contribution in [1.82, 2.24) is 10.2 Å². The van der Waals surface area contributed by atoms with Gasteiger partial charge in [-0.25, -0.2) is 4.79 Å². The van der Waals surface area contributed by atoms with E-state index in [2.05, 4.69) is 12.2 Å². The Morgan fingerprint density at radius 3 is 2.23 bits per heavy atom. The number of nitrogens with one attached hydrogen (secondary N) is 1. The van der Waals surface area contributed by atoms with Crippen molar-refractivity contribution in [2.75, 3.05) is 19.7 Å². The molecule has 3 N–H and O–H groups in total. The van der Waals surface area contributed by atoms with Gasteiger partial charge in [-0.15, -0.1) is 0 Å². The van der Waals surface area contributed by atoms with Gasteiger partial charge in [0.1, 0.15) is 0 Å². The summed E-state index contributed by atoms with van der Waals surface area (Å²) in [5.74, 6) is -0.974. The van der Waals surface area contributed by atoms with Crippen LogP contribution in [0.1, 0.15) is 51.9 Å². The molecule has 2 fully saturated rings. The van der Waals surface area contributed by atoms with Gasteiger partial charge in [0.05, 0.1) is 5.92 Å². The van der Waals surface area contributed by atoms with Gasteiger partial charge < -0.3 is 20.4 Å². The van der Waals surface area contributed by atoms with Gasteiger partial charge in [-0.3, -0.25) is 4.79 Å².